The number of thiophene rings is 1. The number of carbonyl (C=O) groups is 1. The second-order valence-corrected chi connectivity index (χ2v) is 6.40. The third-order valence-electron chi connectivity index (χ3n) is 3.05. The van der Waals surface area contributed by atoms with E-state index in [2.05, 4.69) is 0 Å². The number of methoxy groups -OCH3 is 2. The van der Waals surface area contributed by atoms with Gasteiger partial charge >= 0.3 is 5.97 Å². The highest BCUT2D eigenvalue weighted by atomic mass is 32.2. The molecule has 21 heavy (non-hydrogen) atoms. The van der Waals surface area contributed by atoms with Crippen LogP contribution >= 0.6 is 23.3 Å². The zero-order valence-corrected chi connectivity index (χ0v) is 13.2. The predicted molar refractivity (Wildman–Crippen MR) is 85.6 cm³/mol. The number of nitrogens with zero attached hydrogens (tertiary/aromatic N) is 1. The quantitative estimate of drug-likeness (QED) is 0.635. The molecular formula is C15H13NO3S2. The number of anilines is 1. The number of rotatable bonds is 3. The van der Waals surface area contributed by atoms with Crippen molar-refractivity contribution in [1.29, 1.82) is 0 Å². The fourth-order valence-corrected chi connectivity index (χ4v) is 3.99. The Labute approximate surface area is 131 Å². The first-order chi connectivity index (χ1) is 10.2. The predicted octanol–water partition coefficient (Wildman–Crippen LogP) is 3.80. The molecule has 2 aromatic rings. The molecule has 1 aromatic carbocycles. The van der Waals surface area contributed by atoms with Crippen molar-refractivity contribution >= 4 is 41.0 Å². The number of carbonyl (C=O) groups excluding carboxylic acids is 1. The van der Waals surface area contributed by atoms with E-state index in [1.807, 2.05) is 46.1 Å². The Kier molecular flexibility index (Phi) is 3.90. The summed E-state index contributed by atoms with van der Waals surface area (Å²) in [6.45, 7) is 0. The van der Waals surface area contributed by atoms with Gasteiger partial charge in [0.2, 0.25) is 0 Å². The van der Waals surface area contributed by atoms with Crippen LogP contribution in [0.5, 0.6) is 5.75 Å². The number of benzene rings is 1. The molecule has 0 radical (unpaired) electrons. The van der Waals surface area contributed by atoms with Crippen LogP contribution in [0.25, 0.3) is 6.08 Å². The average molecular weight is 319 g/mol. The summed E-state index contributed by atoms with van der Waals surface area (Å²) in [7, 11) is 3.02. The van der Waals surface area contributed by atoms with E-state index in [4.69, 9.17) is 9.47 Å². The van der Waals surface area contributed by atoms with Crippen molar-refractivity contribution in [2.75, 3.05) is 18.5 Å². The van der Waals surface area contributed by atoms with Crippen LogP contribution in [-0.2, 0) is 9.53 Å². The molecule has 0 fully saturated rings. The molecule has 0 spiro atoms. The molecule has 4 nitrogen and oxygen atoms in total. The van der Waals surface area contributed by atoms with Gasteiger partial charge in [0.05, 0.1) is 24.1 Å². The van der Waals surface area contributed by atoms with E-state index in [1.165, 1.54) is 19.1 Å². The maximum absolute atomic E-state index is 12.0. The standard InChI is InChI=1S/C15H13NO3S2/c1-18-12-5-3-11(4-6-12)16-13(14(17)19-2)9-10-7-8-20-15(10)21-16/h3-9H,1-2H3. The summed E-state index contributed by atoms with van der Waals surface area (Å²) in [6, 6.07) is 9.58. The molecule has 0 aliphatic carbocycles. The second-order valence-electron chi connectivity index (χ2n) is 4.27. The van der Waals surface area contributed by atoms with Crippen molar-refractivity contribution in [3.05, 3.63) is 47.0 Å². The highest BCUT2D eigenvalue weighted by molar-refractivity contribution is 8.02. The molecule has 0 unspecified atom stereocenters. The average Bonchev–Trinajstić information content (AvgIpc) is 3.00. The van der Waals surface area contributed by atoms with Gasteiger partial charge in [0, 0.05) is 17.5 Å². The van der Waals surface area contributed by atoms with E-state index in [9.17, 15) is 4.79 Å². The van der Waals surface area contributed by atoms with Crippen LogP contribution in [0.4, 0.5) is 5.69 Å². The van der Waals surface area contributed by atoms with E-state index < -0.39 is 0 Å². The molecule has 0 saturated carbocycles. The SMILES string of the molecule is COC(=O)C1=Cc2ccsc2SN1c1ccc(OC)cc1. The van der Waals surface area contributed by atoms with E-state index in [0.29, 0.717) is 5.70 Å². The number of hydrogen-bond donors (Lipinski definition) is 0. The maximum atomic E-state index is 12.0. The Bertz CT molecular complexity index is 691. The highest BCUT2D eigenvalue weighted by Gasteiger charge is 2.27. The summed E-state index contributed by atoms with van der Waals surface area (Å²) in [5.74, 6) is 0.427. The second kappa shape index (κ2) is 5.83. The monoisotopic (exact) mass is 319 g/mol. The van der Waals surface area contributed by atoms with Crippen LogP contribution in [0.1, 0.15) is 5.56 Å². The summed E-state index contributed by atoms with van der Waals surface area (Å²) >= 11 is 3.18. The minimum atomic E-state index is -0.352. The normalized spacial score (nSPS) is 13.4. The smallest absolute Gasteiger partial charge is 0.355 e. The van der Waals surface area contributed by atoms with Crippen LogP contribution in [-0.4, -0.2) is 20.2 Å². The summed E-state index contributed by atoms with van der Waals surface area (Å²) in [6.07, 6.45) is 1.86. The van der Waals surface area contributed by atoms with Gasteiger partial charge in [0.1, 0.15) is 11.4 Å². The van der Waals surface area contributed by atoms with E-state index in [1.54, 1.807) is 18.4 Å². The zero-order chi connectivity index (χ0) is 14.8. The highest BCUT2D eigenvalue weighted by Crippen LogP contribution is 2.43. The molecule has 0 atom stereocenters. The van der Waals surface area contributed by atoms with E-state index >= 15 is 0 Å². The molecule has 0 N–H and O–H groups in total. The van der Waals surface area contributed by atoms with Crippen LogP contribution in [0.3, 0.4) is 0 Å². The topological polar surface area (TPSA) is 38.8 Å². The van der Waals surface area contributed by atoms with Crippen molar-refractivity contribution in [3.63, 3.8) is 0 Å². The van der Waals surface area contributed by atoms with Gasteiger partial charge in [-0.15, -0.1) is 11.3 Å². The lowest BCUT2D eigenvalue weighted by Crippen LogP contribution is -2.23. The van der Waals surface area contributed by atoms with Crippen LogP contribution in [0.15, 0.2) is 45.6 Å². The lowest BCUT2D eigenvalue weighted by molar-refractivity contribution is -0.135. The van der Waals surface area contributed by atoms with Gasteiger partial charge in [-0.1, -0.05) is 0 Å². The number of fused-ring (bicyclic) bond motifs is 1. The molecule has 2 heterocycles. The fraction of sp³-hybridized carbons (Fsp3) is 0.133. The van der Waals surface area contributed by atoms with Gasteiger partial charge in [0.25, 0.3) is 0 Å². The summed E-state index contributed by atoms with van der Waals surface area (Å²) in [5, 5.41) is 2.01. The number of ether oxygens (including phenoxy) is 2. The Morgan fingerprint density at radius 3 is 2.57 bits per heavy atom. The molecule has 1 aliphatic heterocycles. The fourth-order valence-electron chi connectivity index (χ4n) is 1.98. The van der Waals surface area contributed by atoms with Crippen molar-refractivity contribution in [3.8, 4) is 5.75 Å². The molecule has 1 aliphatic rings. The van der Waals surface area contributed by atoms with Crippen molar-refractivity contribution in [1.82, 2.24) is 0 Å². The molecule has 108 valence electrons. The summed E-state index contributed by atoms with van der Waals surface area (Å²) in [4.78, 5) is 12.0. The van der Waals surface area contributed by atoms with E-state index in [0.717, 1.165) is 21.2 Å². The first kappa shape index (κ1) is 14.0. The Morgan fingerprint density at radius 1 is 1.14 bits per heavy atom. The summed E-state index contributed by atoms with van der Waals surface area (Å²) in [5.41, 5.74) is 2.46. The van der Waals surface area contributed by atoms with Gasteiger partial charge in [0.15, 0.2) is 0 Å². The Balaban J connectivity index is 2.01. The maximum Gasteiger partial charge on any atom is 0.355 e. The minimum Gasteiger partial charge on any atom is -0.497 e. The zero-order valence-electron chi connectivity index (χ0n) is 11.5. The van der Waals surface area contributed by atoms with Crippen molar-refractivity contribution in [2.45, 2.75) is 4.21 Å². The number of hydrogen-bond acceptors (Lipinski definition) is 6. The third kappa shape index (κ3) is 2.64. The van der Waals surface area contributed by atoms with Gasteiger partial charge in [-0.25, -0.2) is 4.79 Å². The molecular weight excluding hydrogens is 306 g/mol. The molecule has 0 bridgehead atoms. The van der Waals surface area contributed by atoms with Gasteiger partial charge in [-0.3, -0.25) is 4.31 Å². The molecule has 6 heteroatoms. The lowest BCUT2D eigenvalue weighted by atomic mass is 10.2. The Morgan fingerprint density at radius 2 is 1.90 bits per heavy atom. The largest absolute Gasteiger partial charge is 0.497 e. The van der Waals surface area contributed by atoms with Crippen molar-refractivity contribution < 1.29 is 14.3 Å². The van der Waals surface area contributed by atoms with Crippen LogP contribution in [0.2, 0.25) is 0 Å². The van der Waals surface area contributed by atoms with Crippen LogP contribution < -0.4 is 9.04 Å². The number of esters is 1. The van der Waals surface area contributed by atoms with E-state index in [-0.39, 0.29) is 5.97 Å². The van der Waals surface area contributed by atoms with Gasteiger partial charge < -0.3 is 9.47 Å². The molecule has 0 saturated heterocycles. The molecule has 3 rings (SSSR count). The molecule has 0 amide bonds. The lowest BCUT2D eigenvalue weighted by Gasteiger charge is -2.27. The first-order valence-corrected chi connectivity index (χ1v) is 7.88. The van der Waals surface area contributed by atoms with Crippen LogP contribution in [0, 0.1) is 0 Å². The first-order valence-electron chi connectivity index (χ1n) is 6.22. The summed E-state index contributed by atoms with van der Waals surface area (Å²) < 4.78 is 13.1. The van der Waals surface area contributed by atoms with Crippen molar-refractivity contribution in [2.24, 2.45) is 0 Å². The Hall–Kier alpha value is -1.92. The third-order valence-corrected chi connectivity index (χ3v) is 5.27. The van der Waals surface area contributed by atoms with Gasteiger partial charge in [-0.2, -0.15) is 0 Å². The van der Waals surface area contributed by atoms with Gasteiger partial charge in [-0.05, 0) is 41.8 Å². The molecule has 1 aromatic heterocycles. The minimum absolute atomic E-state index is 0.352.